The average molecular weight is 428 g/mol. The van der Waals surface area contributed by atoms with Gasteiger partial charge in [0, 0.05) is 26.6 Å². The molecule has 0 unspecified atom stereocenters. The lowest BCUT2D eigenvalue weighted by Gasteiger charge is -2.08. The summed E-state index contributed by atoms with van der Waals surface area (Å²) in [5.74, 6) is 0.221. The van der Waals surface area contributed by atoms with Crippen molar-refractivity contribution < 1.29 is 9.59 Å². The van der Waals surface area contributed by atoms with E-state index >= 15 is 0 Å². The van der Waals surface area contributed by atoms with Crippen LogP contribution in [0.15, 0.2) is 57.9 Å². The van der Waals surface area contributed by atoms with Gasteiger partial charge in [0.1, 0.15) is 0 Å². The van der Waals surface area contributed by atoms with Crippen molar-refractivity contribution in [2.24, 2.45) is 0 Å². The normalized spacial score (nSPS) is 10.2. The van der Waals surface area contributed by atoms with Gasteiger partial charge in [-0.1, -0.05) is 23.7 Å². The number of thioether (sulfide) groups is 1. The second-order valence-corrected chi connectivity index (χ2v) is 7.32. The molecule has 0 aliphatic heterocycles. The van der Waals surface area contributed by atoms with E-state index in [4.69, 9.17) is 11.6 Å². The number of amides is 2. The van der Waals surface area contributed by atoms with Gasteiger partial charge in [-0.15, -0.1) is 11.8 Å². The van der Waals surface area contributed by atoms with Gasteiger partial charge in [0.15, 0.2) is 0 Å². The topological polar surface area (TPSA) is 58.2 Å². The summed E-state index contributed by atoms with van der Waals surface area (Å²) in [4.78, 5) is 24.7. The molecule has 0 aliphatic rings. The highest BCUT2D eigenvalue weighted by Crippen LogP contribution is 2.21. The standard InChI is InChI=1S/C17H16BrClN2O2S/c18-14-3-1-2-4-15(14)21-17(23)11-20-16(22)9-10-24-13-7-5-12(19)6-8-13/h1-8H,9-11H2,(H,20,22)(H,21,23). The summed E-state index contributed by atoms with van der Waals surface area (Å²) in [6.07, 6.45) is 0.343. The van der Waals surface area contributed by atoms with Crippen molar-refractivity contribution in [2.45, 2.75) is 11.3 Å². The number of benzene rings is 2. The van der Waals surface area contributed by atoms with Crippen molar-refractivity contribution in [3.8, 4) is 0 Å². The molecule has 0 saturated carbocycles. The molecule has 2 aromatic rings. The van der Waals surface area contributed by atoms with Crippen LogP contribution in [0.25, 0.3) is 0 Å². The molecular weight excluding hydrogens is 412 g/mol. The quantitative estimate of drug-likeness (QED) is 0.646. The molecule has 2 rings (SSSR count). The van der Waals surface area contributed by atoms with Gasteiger partial charge in [-0.05, 0) is 52.3 Å². The van der Waals surface area contributed by atoms with Crippen LogP contribution in [0.4, 0.5) is 5.69 Å². The first-order chi connectivity index (χ1) is 11.5. The Morgan fingerprint density at radius 3 is 2.46 bits per heavy atom. The van der Waals surface area contributed by atoms with Gasteiger partial charge in [0.2, 0.25) is 11.8 Å². The Bertz CT molecular complexity index is 710. The highest BCUT2D eigenvalue weighted by Gasteiger charge is 2.07. The smallest absolute Gasteiger partial charge is 0.243 e. The molecule has 2 amide bonds. The number of nitrogens with one attached hydrogen (secondary N) is 2. The summed E-state index contributed by atoms with van der Waals surface area (Å²) < 4.78 is 0.795. The third-order valence-electron chi connectivity index (χ3n) is 3.01. The van der Waals surface area contributed by atoms with Crippen LogP contribution >= 0.6 is 39.3 Å². The summed E-state index contributed by atoms with van der Waals surface area (Å²) >= 11 is 10.7. The van der Waals surface area contributed by atoms with Crippen LogP contribution in [-0.4, -0.2) is 24.1 Å². The van der Waals surface area contributed by atoms with E-state index in [9.17, 15) is 9.59 Å². The predicted octanol–water partition coefficient (Wildman–Crippen LogP) is 4.34. The lowest BCUT2D eigenvalue weighted by Crippen LogP contribution is -2.33. The van der Waals surface area contributed by atoms with E-state index < -0.39 is 0 Å². The fourth-order valence-corrected chi connectivity index (χ4v) is 3.18. The van der Waals surface area contributed by atoms with E-state index in [0.717, 1.165) is 9.37 Å². The Kier molecular flexibility index (Phi) is 7.62. The average Bonchev–Trinajstić information content (AvgIpc) is 2.57. The van der Waals surface area contributed by atoms with Crippen LogP contribution in [-0.2, 0) is 9.59 Å². The highest BCUT2D eigenvalue weighted by atomic mass is 79.9. The molecule has 0 aromatic heterocycles. The van der Waals surface area contributed by atoms with Gasteiger partial charge in [-0.3, -0.25) is 9.59 Å². The second kappa shape index (κ2) is 9.71. The van der Waals surface area contributed by atoms with Crippen LogP contribution in [0.1, 0.15) is 6.42 Å². The zero-order valence-electron chi connectivity index (χ0n) is 12.7. The summed E-state index contributed by atoms with van der Waals surface area (Å²) in [5.41, 5.74) is 0.676. The molecule has 126 valence electrons. The maximum atomic E-state index is 11.8. The maximum Gasteiger partial charge on any atom is 0.243 e. The number of halogens is 2. The molecule has 0 heterocycles. The number of carbonyl (C=O) groups is 2. The van der Waals surface area contributed by atoms with E-state index in [2.05, 4.69) is 26.6 Å². The molecule has 0 fully saturated rings. The summed E-state index contributed by atoms with van der Waals surface area (Å²) in [7, 11) is 0. The zero-order chi connectivity index (χ0) is 17.4. The monoisotopic (exact) mass is 426 g/mol. The molecule has 0 bridgehead atoms. The summed E-state index contributed by atoms with van der Waals surface area (Å²) in [6, 6.07) is 14.8. The second-order valence-electron chi connectivity index (χ2n) is 4.86. The predicted molar refractivity (Wildman–Crippen MR) is 103 cm³/mol. The number of carbonyl (C=O) groups excluding carboxylic acids is 2. The molecule has 0 aliphatic carbocycles. The van der Waals surface area contributed by atoms with Crippen molar-refractivity contribution in [3.63, 3.8) is 0 Å². The number of anilines is 1. The van der Waals surface area contributed by atoms with Crippen LogP contribution in [0.2, 0.25) is 5.02 Å². The summed E-state index contributed by atoms with van der Waals surface area (Å²) in [5, 5.41) is 6.04. The summed E-state index contributed by atoms with van der Waals surface area (Å²) in [6.45, 7) is -0.0498. The van der Waals surface area contributed by atoms with Gasteiger partial charge >= 0.3 is 0 Å². The van der Waals surface area contributed by atoms with Crippen LogP contribution in [0, 0.1) is 0 Å². The fourth-order valence-electron chi connectivity index (χ4n) is 1.82. The van der Waals surface area contributed by atoms with Crippen molar-refractivity contribution in [1.82, 2.24) is 5.32 Å². The van der Waals surface area contributed by atoms with E-state index in [1.54, 1.807) is 17.8 Å². The molecule has 2 aromatic carbocycles. The third kappa shape index (κ3) is 6.55. The van der Waals surface area contributed by atoms with Gasteiger partial charge < -0.3 is 10.6 Å². The van der Waals surface area contributed by atoms with Crippen molar-refractivity contribution in [3.05, 3.63) is 58.0 Å². The Hall–Kier alpha value is -1.50. The molecule has 0 saturated heterocycles. The maximum absolute atomic E-state index is 11.8. The SMILES string of the molecule is O=C(CCSc1ccc(Cl)cc1)NCC(=O)Nc1ccccc1Br. The van der Waals surface area contributed by atoms with Gasteiger partial charge in [-0.2, -0.15) is 0 Å². The Morgan fingerprint density at radius 2 is 1.75 bits per heavy atom. The van der Waals surface area contributed by atoms with Crippen molar-refractivity contribution >= 4 is 56.8 Å². The lowest BCUT2D eigenvalue weighted by molar-refractivity contribution is -0.123. The fraction of sp³-hybridized carbons (Fsp3) is 0.176. The Balaban J connectivity index is 1.66. The first kappa shape index (κ1) is 18.8. The number of hydrogen-bond acceptors (Lipinski definition) is 3. The largest absolute Gasteiger partial charge is 0.347 e. The number of rotatable bonds is 7. The minimum Gasteiger partial charge on any atom is -0.347 e. The number of para-hydroxylation sites is 1. The van der Waals surface area contributed by atoms with Crippen LogP contribution in [0.3, 0.4) is 0 Å². The third-order valence-corrected chi connectivity index (χ3v) is 4.96. The van der Waals surface area contributed by atoms with Crippen LogP contribution < -0.4 is 10.6 Å². The minimum absolute atomic E-state index is 0.0498. The van der Waals surface area contributed by atoms with E-state index in [1.165, 1.54) is 0 Å². The van der Waals surface area contributed by atoms with Crippen molar-refractivity contribution in [1.29, 1.82) is 0 Å². The van der Waals surface area contributed by atoms with Gasteiger partial charge in [-0.25, -0.2) is 0 Å². The molecule has 0 atom stereocenters. The molecule has 2 N–H and O–H groups in total. The van der Waals surface area contributed by atoms with Crippen LogP contribution in [0.5, 0.6) is 0 Å². The van der Waals surface area contributed by atoms with E-state index in [-0.39, 0.29) is 18.4 Å². The Morgan fingerprint density at radius 1 is 1.04 bits per heavy atom. The Labute approximate surface area is 158 Å². The first-order valence-corrected chi connectivity index (χ1v) is 9.39. The molecule has 7 heteroatoms. The lowest BCUT2D eigenvalue weighted by atomic mass is 10.3. The molecule has 0 radical (unpaired) electrons. The van der Waals surface area contributed by atoms with Gasteiger partial charge in [0.05, 0.1) is 12.2 Å². The highest BCUT2D eigenvalue weighted by molar-refractivity contribution is 9.10. The van der Waals surface area contributed by atoms with Gasteiger partial charge in [0.25, 0.3) is 0 Å². The molecular formula is C17H16BrClN2O2S. The van der Waals surface area contributed by atoms with E-state index in [0.29, 0.717) is 22.9 Å². The van der Waals surface area contributed by atoms with Crippen molar-refractivity contribution in [2.75, 3.05) is 17.6 Å². The molecule has 0 spiro atoms. The first-order valence-electron chi connectivity index (χ1n) is 7.24. The zero-order valence-corrected chi connectivity index (χ0v) is 15.9. The number of hydrogen-bond donors (Lipinski definition) is 2. The molecule has 24 heavy (non-hydrogen) atoms. The van der Waals surface area contributed by atoms with E-state index in [1.807, 2.05) is 42.5 Å². The minimum atomic E-state index is -0.263. The molecule has 4 nitrogen and oxygen atoms in total.